The molecule has 0 spiro atoms. The Balaban J connectivity index is 1.85. The molecule has 2 N–H and O–H groups in total. The monoisotopic (exact) mass is 585 g/mol. The first-order chi connectivity index (χ1) is 17.7. The Morgan fingerprint density at radius 2 is 1.92 bits per heavy atom. The fraction of sp³-hybridized carbons (Fsp3) is 0.231. The second kappa shape index (κ2) is 11.1. The predicted octanol–water partition coefficient (Wildman–Crippen LogP) is 2.43. The number of methoxy groups -OCH3 is 1. The van der Waals surface area contributed by atoms with Crippen LogP contribution in [0.25, 0.3) is 6.08 Å². The quantitative estimate of drug-likeness (QED) is 0.405. The third kappa shape index (κ3) is 5.52. The Hall–Kier alpha value is -3.70. The Labute approximate surface area is 224 Å². The molecule has 37 heavy (non-hydrogen) atoms. The van der Waals surface area contributed by atoms with Crippen molar-refractivity contribution in [3.8, 4) is 11.5 Å². The molecule has 1 aromatic heterocycles. The zero-order valence-electron chi connectivity index (χ0n) is 20.3. The summed E-state index contributed by atoms with van der Waals surface area (Å²) in [5.74, 6) is -0.381. The number of esters is 1. The fourth-order valence-electron chi connectivity index (χ4n) is 3.95. The highest BCUT2D eigenvalue weighted by Crippen LogP contribution is 2.32. The van der Waals surface area contributed by atoms with Crippen LogP contribution in [0.4, 0.5) is 0 Å². The average molecular weight is 586 g/mol. The molecule has 0 fully saturated rings. The summed E-state index contributed by atoms with van der Waals surface area (Å²) in [6, 6.07) is 11.8. The lowest BCUT2D eigenvalue weighted by molar-refractivity contribution is -0.139. The summed E-state index contributed by atoms with van der Waals surface area (Å²) in [7, 11) is 1.47. The number of hydrogen-bond acceptors (Lipinski definition) is 8. The van der Waals surface area contributed by atoms with E-state index < -0.39 is 17.9 Å². The molecule has 2 heterocycles. The number of primary amides is 1. The van der Waals surface area contributed by atoms with Crippen molar-refractivity contribution in [3.05, 3.63) is 89.0 Å². The number of hydrogen-bond donors (Lipinski definition) is 1. The van der Waals surface area contributed by atoms with E-state index in [9.17, 15) is 14.4 Å². The van der Waals surface area contributed by atoms with Crippen LogP contribution in [0.1, 0.15) is 31.0 Å². The minimum Gasteiger partial charge on any atom is -0.493 e. The molecular weight excluding hydrogens is 562 g/mol. The van der Waals surface area contributed by atoms with E-state index in [2.05, 4.69) is 20.9 Å². The van der Waals surface area contributed by atoms with Gasteiger partial charge < -0.3 is 19.9 Å². The van der Waals surface area contributed by atoms with Crippen molar-refractivity contribution in [3.63, 3.8) is 0 Å². The molecule has 1 atom stereocenters. The molecule has 0 aliphatic carbocycles. The van der Waals surface area contributed by atoms with Gasteiger partial charge in [0.1, 0.15) is 0 Å². The molecule has 0 radical (unpaired) electrons. The summed E-state index contributed by atoms with van der Waals surface area (Å²) in [4.78, 5) is 42.8. The van der Waals surface area contributed by atoms with Crippen molar-refractivity contribution in [2.45, 2.75) is 19.9 Å². The smallest absolute Gasteiger partial charge is 0.338 e. The number of halogens is 1. The van der Waals surface area contributed by atoms with Gasteiger partial charge in [-0.3, -0.25) is 14.2 Å². The van der Waals surface area contributed by atoms with Gasteiger partial charge in [0.05, 0.1) is 35.6 Å². The number of nitrogens with zero attached hydrogens (tertiary/aromatic N) is 2. The van der Waals surface area contributed by atoms with E-state index in [1.807, 2.05) is 24.3 Å². The van der Waals surface area contributed by atoms with Gasteiger partial charge in [0.15, 0.2) is 22.9 Å². The average Bonchev–Trinajstić information content (AvgIpc) is 3.17. The van der Waals surface area contributed by atoms with Crippen LogP contribution in [-0.4, -0.2) is 36.8 Å². The van der Waals surface area contributed by atoms with Crippen molar-refractivity contribution in [1.29, 1.82) is 0 Å². The molecule has 1 unspecified atom stereocenters. The molecule has 1 aliphatic heterocycles. The number of benzene rings is 2. The van der Waals surface area contributed by atoms with Crippen molar-refractivity contribution in [2.24, 2.45) is 10.7 Å². The van der Waals surface area contributed by atoms with Crippen molar-refractivity contribution >= 4 is 45.2 Å². The maximum Gasteiger partial charge on any atom is 0.338 e. The van der Waals surface area contributed by atoms with E-state index >= 15 is 0 Å². The van der Waals surface area contributed by atoms with Gasteiger partial charge in [0.2, 0.25) is 0 Å². The maximum atomic E-state index is 13.7. The Morgan fingerprint density at radius 3 is 2.57 bits per heavy atom. The van der Waals surface area contributed by atoms with Gasteiger partial charge in [0.25, 0.3) is 11.5 Å². The fourth-order valence-corrected chi connectivity index (χ4v) is 5.26. The number of nitrogens with two attached hydrogens (primary N) is 1. The first-order valence-corrected chi connectivity index (χ1v) is 12.9. The van der Waals surface area contributed by atoms with Gasteiger partial charge in [-0.25, -0.2) is 9.79 Å². The van der Waals surface area contributed by atoms with Crippen LogP contribution in [0.5, 0.6) is 11.5 Å². The number of carbonyl (C=O) groups excluding carboxylic acids is 2. The van der Waals surface area contributed by atoms with E-state index in [1.165, 1.54) is 23.0 Å². The number of rotatable bonds is 8. The van der Waals surface area contributed by atoms with Crippen LogP contribution < -0.4 is 30.1 Å². The summed E-state index contributed by atoms with van der Waals surface area (Å²) < 4.78 is 18.9. The normalized spacial score (nSPS) is 15.1. The molecule has 2 aromatic carbocycles. The van der Waals surface area contributed by atoms with Crippen molar-refractivity contribution in [1.82, 2.24) is 4.57 Å². The molecule has 0 bridgehead atoms. The van der Waals surface area contributed by atoms with Crippen LogP contribution in [-0.2, 0) is 14.3 Å². The number of fused-ring (bicyclic) bond motifs is 1. The highest BCUT2D eigenvalue weighted by Gasteiger charge is 2.33. The van der Waals surface area contributed by atoms with E-state index in [4.69, 9.17) is 19.9 Å². The largest absolute Gasteiger partial charge is 0.493 e. The summed E-state index contributed by atoms with van der Waals surface area (Å²) in [6.45, 7) is 3.39. The van der Waals surface area contributed by atoms with E-state index in [0.29, 0.717) is 37.7 Å². The lowest BCUT2D eigenvalue weighted by Gasteiger charge is -2.24. The summed E-state index contributed by atoms with van der Waals surface area (Å²) in [5, 5.41) is 0. The Bertz CT molecular complexity index is 1570. The molecule has 192 valence electrons. The molecule has 3 aromatic rings. The van der Waals surface area contributed by atoms with E-state index in [-0.39, 0.29) is 18.8 Å². The minimum absolute atomic E-state index is 0.202. The van der Waals surface area contributed by atoms with Gasteiger partial charge in [-0.2, -0.15) is 0 Å². The van der Waals surface area contributed by atoms with E-state index in [0.717, 1.165) is 10.0 Å². The molecule has 9 nitrogen and oxygen atoms in total. The first-order valence-electron chi connectivity index (χ1n) is 11.3. The highest BCUT2D eigenvalue weighted by molar-refractivity contribution is 9.10. The number of aromatic nitrogens is 1. The Morgan fingerprint density at radius 1 is 1.19 bits per heavy atom. The zero-order chi connectivity index (χ0) is 26.7. The van der Waals surface area contributed by atoms with Crippen molar-refractivity contribution in [2.75, 3.05) is 20.3 Å². The Kier molecular flexibility index (Phi) is 7.94. The highest BCUT2D eigenvalue weighted by atomic mass is 79.9. The zero-order valence-corrected chi connectivity index (χ0v) is 22.7. The SMILES string of the molecule is CCOC(=O)C1=C(C)N=c2sc(=Cc3ccc(OCC(N)=O)c(OC)c3)c(=O)n2C1c1ccc(Br)cc1. The van der Waals surface area contributed by atoms with E-state index in [1.54, 1.807) is 38.1 Å². The molecule has 1 amide bonds. The number of ether oxygens (including phenoxy) is 3. The molecule has 0 saturated heterocycles. The van der Waals surface area contributed by atoms with Gasteiger partial charge in [0, 0.05) is 4.47 Å². The minimum atomic E-state index is -0.690. The van der Waals surface area contributed by atoms with Crippen LogP contribution in [0.15, 0.2) is 68.0 Å². The third-order valence-corrected chi connectivity index (χ3v) is 7.07. The number of allylic oxidation sites excluding steroid dienone is 1. The molecule has 0 saturated carbocycles. The molecule has 1 aliphatic rings. The lowest BCUT2D eigenvalue weighted by atomic mass is 9.96. The number of amides is 1. The lowest BCUT2D eigenvalue weighted by Crippen LogP contribution is -2.39. The number of thiazole rings is 1. The van der Waals surface area contributed by atoms with Crippen molar-refractivity contribution < 1.29 is 23.8 Å². The standard InChI is InChI=1S/C26H24BrN3O6S/c1-4-35-25(33)22-14(2)29-26-30(23(22)16-6-8-17(27)9-7-16)24(32)20(37-26)12-15-5-10-18(19(11-15)34-3)36-13-21(28)31/h5-12,23H,4,13H2,1-3H3,(H2,28,31). The summed E-state index contributed by atoms with van der Waals surface area (Å²) >= 11 is 4.66. The predicted molar refractivity (Wildman–Crippen MR) is 142 cm³/mol. The maximum absolute atomic E-state index is 13.7. The van der Waals surface area contributed by atoms with Gasteiger partial charge in [-0.1, -0.05) is 45.5 Å². The van der Waals surface area contributed by atoms with Crippen LogP contribution in [0, 0.1) is 0 Å². The second-order valence-electron chi connectivity index (χ2n) is 8.02. The molecule has 4 rings (SSSR count). The topological polar surface area (TPSA) is 122 Å². The van der Waals surface area contributed by atoms with Gasteiger partial charge >= 0.3 is 5.97 Å². The van der Waals surface area contributed by atoms with Crippen LogP contribution in [0.2, 0.25) is 0 Å². The summed E-state index contributed by atoms with van der Waals surface area (Å²) in [5.41, 5.74) is 7.11. The summed E-state index contributed by atoms with van der Waals surface area (Å²) in [6.07, 6.45) is 1.71. The number of carbonyl (C=O) groups is 2. The van der Waals surface area contributed by atoms with Crippen LogP contribution in [0.3, 0.4) is 0 Å². The molecule has 11 heteroatoms. The first kappa shape index (κ1) is 26.4. The molecular formula is C26H24BrN3O6S. The van der Waals surface area contributed by atoms with Gasteiger partial charge in [-0.15, -0.1) is 0 Å². The second-order valence-corrected chi connectivity index (χ2v) is 9.94. The van der Waals surface area contributed by atoms with Crippen LogP contribution >= 0.6 is 27.3 Å². The van der Waals surface area contributed by atoms with Gasteiger partial charge in [-0.05, 0) is 55.3 Å². The third-order valence-electron chi connectivity index (χ3n) is 5.56.